The second kappa shape index (κ2) is 6.89. The summed E-state index contributed by atoms with van der Waals surface area (Å²) < 4.78 is 13.6. The number of aromatic nitrogens is 4. The van der Waals surface area contributed by atoms with Gasteiger partial charge in [0.2, 0.25) is 0 Å². The summed E-state index contributed by atoms with van der Waals surface area (Å²) in [5, 5.41) is 4.80. The quantitative estimate of drug-likeness (QED) is 0.844. The topological polar surface area (TPSA) is 62.1 Å². The highest BCUT2D eigenvalue weighted by atomic mass is 35.5. The molecule has 1 fully saturated rings. The van der Waals surface area contributed by atoms with Crippen LogP contribution in [0, 0.1) is 0 Å². The van der Waals surface area contributed by atoms with E-state index in [0.29, 0.717) is 10.8 Å². The molecule has 0 N–H and O–H groups in total. The number of hydrogen-bond donors (Lipinski definition) is 0. The summed E-state index contributed by atoms with van der Waals surface area (Å²) in [6.45, 7) is 4.94. The molecule has 6 nitrogen and oxygen atoms in total. The third-order valence-corrected chi connectivity index (χ3v) is 4.23. The van der Waals surface area contributed by atoms with Gasteiger partial charge in [-0.1, -0.05) is 18.5 Å². The van der Waals surface area contributed by atoms with Crippen molar-refractivity contribution in [2.75, 3.05) is 6.61 Å². The van der Waals surface area contributed by atoms with Gasteiger partial charge in [-0.05, 0) is 32.6 Å². The molecular weight excluding hydrogens is 304 g/mol. The molecule has 0 bridgehead atoms. The van der Waals surface area contributed by atoms with Gasteiger partial charge in [-0.3, -0.25) is 0 Å². The Morgan fingerprint density at radius 1 is 1.45 bits per heavy atom. The smallest absolute Gasteiger partial charge is 0.178 e. The van der Waals surface area contributed by atoms with Crippen molar-refractivity contribution in [3.63, 3.8) is 0 Å². The van der Waals surface area contributed by atoms with E-state index in [1.54, 1.807) is 6.20 Å². The van der Waals surface area contributed by atoms with Crippen LogP contribution in [0.5, 0.6) is 0 Å². The predicted molar refractivity (Wildman–Crippen MR) is 83.8 cm³/mol. The molecule has 7 heteroatoms. The Morgan fingerprint density at radius 3 is 3.05 bits per heavy atom. The van der Waals surface area contributed by atoms with Gasteiger partial charge in [0.05, 0.1) is 24.5 Å². The first kappa shape index (κ1) is 15.6. The average molecular weight is 325 g/mol. The largest absolute Gasteiger partial charge is 0.353 e. The Bertz CT molecular complexity index is 627. The van der Waals surface area contributed by atoms with Gasteiger partial charge in [-0.15, -0.1) is 0 Å². The van der Waals surface area contributed by atoms with Crippen molar-refractivity contribution in [1.82, 2.24) is 19.7 Å². The van der Waals surface area contributed by atoms with Crippen LogP contribution >= 0.6 is 11.6 Å². The Morgan fingerprint density at radius 2 is 2.32 bits per heavy atom. The van der Waals surface area contributed by atoms with Crippen molar-refractivity contribution >= 4 is 22.8 Å². The zero-order valence-corrected chi connectivity index (χ0v) is 13.7. The molecule has 0 saturated carbocycles. The maximum atomic E-state index is 6.08. The van der Waals surface area contributed by atoms with Gasteiger partial charge in [0.25, 0.3) is 0 Å². The van der Waals surface area contributed by atoms with Gasteiger partial charge >= 0.3 is 0 Å². The summed E-state index contributed by atoms with van der Waals surface area (Å²) in [6, 6.07) is 0.0655. The molecule has 0 radical (unpaired) electrons. The Balaban J connectivity index is 1.80. The molecule has 120 valence electrons. The minimum Gasteiger partial charge on any atom is -0.353 e. The lowest BCUT2D eigenvalue weighted by atomic mass is 10.1. The molecule has 2 unspecified atom stereocenters. The average Bonchev–Trinajstić information content (AvgIpc) is 2.92. The molecule has 0 spiro atoms. The lowest BCUT2D eigenvalue weighted by Crippen LogP contribution is -2.32. The number of nitrogens with zero attached hydrogens (tertiary/aromatic N) is 4. The van der Waals surface area contributed by atoms with Crippen LogP contribution in [0.3, 0.4) is 0 Å². The van der Waals surface area contributed by atoms with E-state index in [4.69, 9.17) is 21.1 Å². The lowest BCUT2D eigenvalue weighted by molar-refractivity contribution is -0.193. The Kier molecular flexibility index (Phi) is 4.90. The molecule has 0 aliphatic carbocycles. The summed E-state index contributed by atoms with van der Waals surface area (Å²) in [6.07, 6.45) is 7.19. The number of halogens is 1. The van der Waals surface area contributed by atoms with Crippen molar-refractivity contribution in [3.05, 3.63) is 17.5 Å². The van der Waals surface area contributed by atoms with Gasteiger partial charge in [0.1, 0.15) is 10.7 Å². The van der Waals surface area contributed by atoms with Crippen LogP contribution in [-0.4, -0.2) is 38.7 Å². The number of ether oxygens (including phenoxy) is 2. The van der Waals surface area contributed by atoms with E-state index in [1.807, 2.05) is 4.68 Å². The zero-order valence-electron chi connectivity index (χ0n) is 12.9. The van der Waals surface area contributed by atoms with Crippen LogP contribution in [0.15, 0.2) is 12.4 Å². The summed E-state index contributed by atoms with van der Waals surface area (Å²) >= 11 is 5.96. The van der Waals surface area contributed by atoms with Crippen LogP contribution in [0.25, 0.3) is 11.2 Å². The monoisotopic (exact) mass is 324 g/mol. The fraction of sp³-hybridized carbons (Fsp3) is 0.667. The highest BCUT2D eigenvalue weighted by Gasteiger charge is 2.26. The normalized spacial score (nSPS) is 21.9. The highest BCUT2D eigenvalue weighted by molar-refractivity contribution is 6.29. The molecule has 2 aromatic rings. The van der Waals surface area contributed by atoms with Crippen molar-refractivity contribution < 1.29 is 9.47 Å². The summed E-state index contributed by atoms with van der Waals surface area (Å²) in [5.41, 5.74) is 1.43. The van der Waals surface area contributed by atoms with Crippen LogP contribution < -0.4 is 0 Å². The minimum absolute atomic E-state index is 0.0306. The standard InChI is InChI=1S/C15H21ClN4O2/c1-3-12(10(2)22-14-6-4-5-7-21-14)20-15-11(8-18-20)17-9-13(16)19-15/h8-10,12,14H,3-7H2,1-2H3/t10-,12?,14?/m1/s1. The molecule has 0 aromatic carbocycles. The fourth-order valence-electron chi connectivity index (χ4n) is 2.89. The van der Waals surface area contributed by atoms with Gasteiger partial charge in [0, 0.05) is 6.61 Å². The van der Waals surface area contributed by atoms with Gasteiger partial charge in [0.15, 0.2) is 11.9 Å². The van der Waals surface area contributed by atoms with Gasteiger partial charge < -0.3 is 9.47 Å². The number of rotatable bonds is 5. The Labute approximate surface area is 134 Å². The molecule has 1 aliphatic rings. The minimum atomic E-state index is -0.116. The van der Waals surface area contributed by atoms with E-state index in [1.165, 1.54) is 6.20 Å². The first-order valence-electron chi connectivity index (χ1n) is 7.82. The van der Waals surface area contributed by atoms with E-state index < -0.39 is 0 Å². The predicted octanol–water partition coefficient (Wildman–Crippen LogP) is 3.36. The third kappa shape index (κ3) is 3.24. The van der Waals surface area contributed by atoms with E-state index in [-0.39, 0.29) is 18.4 Å². The fourth-order valence-corrected chi connectivity index (χ4v) is 3.02. The number of hydrogen-bond acceptors (Lipinski definition) is 5. The van der Waals surface area contributed by atoms with E-state index in [9.17, 15) is 0 Å². The first-order chi connectivity index (χ1) is 10.7. The van der Waals surface area contributed by atoms with Crippen LogP contribution in [-0.2, 0) is 9.47 Å². The molecular formula is C15H21ClN4O2. The maximum Gasteiger partial charge on any atom is 0.178 e. The highest BCUT2D eigenvalue weighted by Crippen LogP contribution is 2.25. The van der Waals surface area contributed by atoms with Gasteiger partial charge in [-0.2, -0.15) is 5.10 Å². The van der Waals surface area contributed by atoms with Crippen molar-refractivity contribution in [2.45, 2.75) is 58.0 Å². The third-order valence-electron chi connectivity index (χ3n) is 4.05. The lowest BCUT2D eigenvalue weighted by Gasteiger charge is -2.30. The summed E-state index contributed by atoms with van der Waals surface area (Å²) in [5.74, 6) is 0. The molecule has 3 rings (SSSR count). The van der Waals surface area contributed by atoms with E-state index >= 15 is 0 Å². The molecule has 2 aromatic heterocycles. The summed E-state index contributed by atoms with van der Waals surface area (Å²) in [7, 11) is 0. The van der Waals surface area contributed by atoms with Crippen LogP contribution in [0.1, 0.15) is 45.6 Å². The molecule has 3 heterocycles. The van der Waals surface area contributed by atoms with Crippen molar-refractivity contribution in [1.29, 1.82) is 0 Å². The molecule has 1 aliphatic heterocycles. The molecule has 0 amide bonds. The number of fused-ring (bicyclic) bond motifs is 1. The zero-order chi connectivity index (χ0) is 15.5. The van der Waals surface area contributed by atoms with E-state index in [2.05, 4.69) is 28.9 Å². The maximum absolute atomic E-state index is 6.08. The SMILES string of the molecule is CCC([C@@H](C)OC1CCCCO1)n1ncc2ncc(Cl)nc21. The molecule has 3 atom stereocenters. The second-order valence-corrected chi connectivity index (χ2v) is 5.99. The summed E-state index contributed by atoms with van der Waals surface area (Å²) in [4.78, 5) is 8.60. The first-order valence-corrected chi connectivity index (χ1v) is 8.19. The Hall–Kier alpha value is -1.24. The second-order valence-electron chi connectivity index (χ2n) is 5.60. The van der Waals surface area contributed by atoms with Gasteiger partial charge in [-0.25, -0.2) is 14.6 Å². The van der Waals surface area contributed by atoms with Crippen LogP contribution in [0.2, 0.25) is 5.15 Å². The van der Waals surface area contributed by atoms with Crippen molar-refractivity contribution in [3.8, 4) is 0 Å². The van der Waals surface area contributed by atoms with E-state index in [0.717, 1.165) is 37.8 Å². The molecule has 1 saturated heterocycles. The molecule has 22 heavy (non-hydrogen) atoms. The van der Waals surface area contributed by atoms with Crippen LogP contribution in [0.4, 0.5) is 0 Å². The van der Waals surface area contributed by atoms with Crippen molar-refractivity contribution in [2.24, 2.45) is 0 Å².